The van der Waals surface area contributed by atoms with Crippen molar-refractivity contribution >= 4 is 22.5 Å². The van der Waals surface area contributed by atoms with Gasteiger partial charge in [-0.2, -0.15) is 9.49 Å². The number of hydrogen-bond donors (Lipinski definition) is 3. The molecule has 1 amide bonds. The number of fused-ring (bicyclic) bond motifs is 1. The molecule has 4 rings (SSSR count). The van der Waals surface area contributed by atoms with Crippen LogP contribution in [0.25, 0.3) is 22.0 Å². The number of methoxy groups -OCH3 is 1. The second-order valence-electron chi connectivity index (χ2n) is 7.08. The number of pyridine rings is 1. The summed E-state index contributed by atoms with van der Waals surface area (Å²) in [5.74, 6) is -0.650. The zero-order chi connectivity index (χ0) is 21.6. The van der Waals surface area contributed by atoms with E-state index in [0.717, 1.165) is 22.4 Å². The zero-order valence-electron chi connectivity index (χ0n) is 16.9. The summed E-state index contributed by atoms with van der Waals surface area (Å²) >= 11 is 0. The predicted octanol–water partition coefficient (Wildman–Crippen LogP) is 3.68. The Labute approximate surface area is 178 Å². The van der Waals surface area contributed by atoms with Crippen LogP contribution in [0, 0.1) is 5.95 Å². The van der Waals surface area contributed by atoms with Gasteiger partial charge in [0.1, 0.15) is 6.61 Å². The van der Waals surface area contributed by atoms with E-state index in [1.165, 1.54) is 7.11 Å². The lowest BCUT2D eigenvalue weighted by atomic mass is 10.0. The summed E-state index contributed by atoms with van der Waals surface area (Å²) in [5, 5.41) is 13.0. The summed E-state index contributed by atoms with van der Waals surface area (Å²) in [7, 11) is 1.48. The molecule has 31 heavy (non-hydrogen) atoms. The molecule has 1 atom stereocenters. The van der Waals surface area contributed by atoms with E-state index in [2.05, 4.69) is 25.8 Å². The van der Waals surface area contributed by atoms with Gasteiger partial charge in [-0.3, -0.25) is 14.9 Å². The molecule has 4 aromatic rings. The molecule has 0 aliphatic rings. The zero-order valence-corrected chi connectivity index (χ0v) is 16.9. The van der Waals surface area contributed by atoms with E-state index in [1.807, 2.05) is 42.5 Å². The first-order valence-electron chi connectivity index (χ1n) is 9.80. The number of carbonyl (C=O) groups is 1. The third-order valence-corrected chi connectivity index (χ3v) is 4.90. The Bertz CT molecular complexity index is 1180. The van der Waals surface area contributed by atoms with Gasteiger partial charge in [-0.25, -0.2) is 0 Å². The molecule has 0 fully saturated rings. The van der Waals surface area contributed by atoms with Crippen molar-refractivity contribution in [1.29, 1.82) is 0 Å². The molecule has 0 bridgehead atoms. The van der Waals surface area contributed by atoms with Gasteiger partial charge in [-0.05, 0) is 29.3 Å². The first-order valence-corrected chi connectivity index (χ1v) is 9.80. The number of aromatic amines is 1. The lowest BCUT2D eigenvalue weighted by Gasteiger charge is -2.21. The number of H-pyrrole nitrogens is 1. The van der Waals surface area contributed by atoms with Gasteiger partial charge in [0, 0.05) is 31.6 Å². The van der Waals surface area contributed by atoms with Crippen molar-refractivity contribution in [2.45, 2.75) is 6.04 Å². The van der Waals surface area contributed by atoms with Crippen LogP contribution in [0.15, 0.2) is 67.0 Å². The van der Waals surface area contributed by atoms with Crippen molar-refractivity contribution in [2.75, 3.05) is 25.6 Å². The highest BCUT2D eigenvalue weighted by Gasteiger charge is 2.14. The molecule has 2 heterocycles. The highest BCUT2D eigenvalue weighted by molar-refractivity contribution is 5.84. The normalized spacial score (nSPS) is 11.9. The van der Waals surface area contributed by atoms with Gasteiger partial charge in [0.05, 0.1) is 22.6 Å². The van der Waals surface area contributed by atoms with Crippen LogP contribution in [0.2, 0.25) is 0 Å². The standard InChI is InChI=1S/C23H22FN5O2/c1-31-14-22(30)26-13-21(15-5-3-2-4-6-15)27-18-9-17(11-25-12-18)16-7-8-20-19(10-16)23(24)29-28-20/h2-12,21,27H,13-14H2,1H3,(H,26,30)(H,28,29). The molecule has 0 saturated heterocycles. The Hall–Kier alpha value is -3.78. The van der Waals surface area contributed by atoms with Crippen molar-refractivity contribution in [2.24, 2.45) is 0 Å². The molecular formula is C23H22FN5O2. The van der Waals surface area contributed by atoms with E-state index < -0.39 is 5.95 Å². The molecule has 0 aliphatic heterocycles. The quantitative estimate of drug-likeness (QED) is 0.405. The summed E-state index contributed by atoms with van der Waals surface area (Å²) in [6.07, 6.45) is 3.44. The van der Waals surface area contributed by atoms with E-state index in [0.29, 0.717) is 17.4 Å². The Morgan fingerprint density at radius 2 is 1.97 bits per heavy atom. The van der Waals surface area contributed by atoms with Crippen molar-refractivity contribution in [3.05, 3.63) is 78.5 Å². The molecular weight excluding hydrogens is 397 g/mol. The maximum absolute atomic E-state index is 13.9. The van der Waals surface area contributed by atoms with Crippen LogP contribution in [-0.4, -0.2) is 41.3 Å². The second kappa shape index (κ2) is 9.36. The smallest absolute Gasteiger partial charge is 0.246 e. The number of ether oxygens (including phenoxy) is 1. The highest BCUT2D eigenvalue weighted by atomic mass is 19.1. The van der Waals surface area contributed by atoms with Gasteiger partial charge >= 0.3 is 0 Å². The van der Waals surface area contributed by atoms with Crippen molar-refractivity contribution < 1.29 is 13.9 Å². The second-order valence-corrected chi connectivity index (χ2v) is 7.08. The average molecular weight is 419 g/mol. The van der Waals surface area contributed by atoms with Crippen LogP contribution >= 0.6 is 0 Å². The van der Waals surface area contributed by atoms with Gasteiger partial charge in [0.2, 0.25) is 11.9 Å². The minimum atomic E-state index is -0.463. The number of halogens is 1. The van der Waals surface area contributed by atoms with E-state index in [1.54, 1.807) is 24.5 Å². The van der Waals surface area contributed by atoms with Crippen LogP contribution in [0.4, 0.5) is 10.1 Å². The number of anilines is 1. The number of hydrogen-bond acceptors (Lipinski definition) is 5. The minimum Gasteiger partial charge on any atom is -0.375 e. The van der Waals surface area contributed by atoms with Gasteiger partial charge in [0.25, 0.3) is 0 Å². The minimum absolute atomic E-state index is 0.00555. The van der Waals surface area contributed by atoms with Crippen molar-refractivity contribution in [1.82, 2.24) is 20.5 Å². The topological polar surface area (TPSA) is 91.9 Å². The van der Waals surface area contributed by atoms with E-state index >= 15 is 0 Å². The van der Waals surface area contributed by atoms with E-state index in [9.17, 15) is 9.18 Å². The molecule has 0 radical (unpaired) electrons. The fourth-order valence-corrected chi connectivity index (χ4v) is 3.37. The van der Waals surface area contributed by atoms with Gasteiger partial charge < -0.3 is 15.4 Å². The SMILES string of the molecule is COCC(=O)NCC(Nc1cncc(-c2ccc3n[nH]c(F)c3c2)c1)c1ccccc1. The van der Waals surface area contributed by atoms with Crippen molar-refractivity contribution in [3.8, 4) is 11.1 Å². The Morgan fingerprint density at radius 1 is 1.13 bits per heavy atom. The van der Waals surface area contributed by atoms with Crippen LogP contribution < -0.4 is 10.6 Å². The lowest BCUT2D eigenvalue weighted by molar-refractivity contribution is -0.124. The van der Waals surface area contributed by atoms with E-state index in [4.69, 9.17) is 4.74 Å². The lowest BCUT2D eigenvalue weighted by Crippen LogP contribution is -2.33. The molecule has 3 N–H and O–H groups in total. The first-order chi connectivity index (χ1) is 15.1. The van der Waals surface area contributed by atoms with E-state index in [-0.39, 0.29) is 18.6 Å². The van der Waals surface area contributed by atoms with Crippen LogP contribution in [0.5, 0.6) is 0 Å². The molecule has 0 spiro atoms. The summed E-state index contributed by atoms with van der Waals surface area (Å²) in [5.41, 5.74) is 4.03. The predicted molar refractivity (Wildman–Crippen MR) is 117 cm³/mol. The fourth-order valence-electron chi connectivity index (χ4n) is 3.37. The molecule has 2 aromatic carbocycles. The monoisotopic (exact) mass is 419 g/mol. The van der Waals surface area contributed by atoms with Crippen LogP contribution in [0.3, 0.4) is 0 Å². The molecule has 0 aliphatic carbocycles. The van der Waals surface area contributed by atoms with Crippen molar-refractivity contribution in [3.63, 3.8) is 0 Å². The number of nitrogens with one attached hydrogen (secondary N) is 3. The first kappa shape index (κ1) is 20.5. The summed E-state index contributed by atoms with van der Waals surface area (Å²) in [4.78, 5) is 16.2. The fraction of sp³-hybridized carbons (Fsp3) is 0.174. The Balaban J connectivity index is 1.58. The molecule has 1 unspecified atom stereocenters. The highest BCUT2D eigenvalue weighted by Crippen LogP contribution is 2.27. The summed E-state index contributed by atoms with van der Waals surface area (Å²) in [6, 6.07) is 17.0. The molecule has 158 valence electrons. The number of amides is 1. The largest absolute Gasteiger partial charge is 0.375 e. The van der Waals surface area contributed by atoms with Gasteiger partial charge in [-0.15, -0.1) is 0 Å². The number of rotatable bonds is 8. The Kier molecular flexibility index (Phi) is 6.18. The van der Waals surface area contributed by atoms with Crippen LogP contribution in [-0.2, 0) is 9.53 Å². The summed E-state index contributed by atoms with van der Waals surface area (Å²) in [6.45, 7) is 0.383. The molecule has 0 saturated carbocycles. The maximum Gasteiger partial charge on any atom is 0.246 e. The third kappa shape index (κ3) is 4.87. The van der Waals surface area contributed by atoms with Gasteiger partial charge in [-0.1, -0.05) is 36.4 Å². The number of benzene rings is 2. The summed E-state index contributed by atoms with van der Waals surface area (Å²) < 4.78 is 18.8. The molecule has 8 heteroatoms. The van der Waals surface area contributed by atoms with Crippen LogP contribution in [0.1, 0.15) is 11.6 Å². The third-order valence-electron chi connectivity index (χ3n) is 4.90. The average Bonchev–Trinajstić information content (AvgIpc) is 3.18. The maximum atomic E-state index is 13.9. The van der Waals surface area contributed by atoms with Gasteiger partial charge in [0.15, 0.2) is 0 Å². The number of aromatic nitrogens is 3. The number of nitrogens with zero attached hydrogens (tertiary/aromatic N) is 2. The number of carbonyl (C=O) groups excluding carboxylic acids is 1. The molecule has 2 aromatic heterocycles. The Morgan fingerprint density at radius 3 is 2.77 bits per heavy atom. The molecule has 7 nitrogen and oxygen atoms in total.